The van der Waals surface area contributed by atoms with E-state index in [0.717, 1.165) is 0 Å². The number of nitrogens with zero attached hydrogens (tertiary/aromatic N) is 1. The van der Waals surface area contributed by atoms with Crippen molar-refractivity contribution in [1.29, 1.82) is 0 Å². The smallest absolute Gasteiger partial charge is 0.297 e. The molecule has 0 aliphatic heterocycles. The zero-order chi connectivity index (χ0) is 13.3. The standard InChI is InChI=1S/C13H14N2O3/c1-3-6-18-12-11(16)9-5-4-8(14)7-10(9)15(2)13(12)17/h3-5,7,16H,1,6,14H2,2H3. The van der Waals surface area contributed by atoms with E-state index in [-0.39, 0.29) is 18.1 Å². The molecule has 0 aliphatic carbocycles. The number of aryl methyl sites for hydroxylation is 1. The lowest BCUT2D eigenvalue weighted by Crippen LogP contribution is -2.20. The summed E-state index contributed by atoms with van der Waals surface area (Å²) < 4.78 is 6.60. The molecular weight excluding hydrogens is 232 g/mol. The van der Waals surface area contributed by atoms with Crippen LogP contribution in [-0.4, -0.2) is 16.3 Å². The average Bonchev–Trinajstić information content (AvgIpc) is 2.36. The second-order valence-electron chi connectivity index (χ2n) is 3.92. The Morgan fingerprint density at radius 3 is 2.94 bits per heavy atom. The van der Waals surface area contributed by atoms with E-state index in [1.165, 1.54) is 10.6 Å². The van der Waals surface area contributed by atoms with Gasteiger partial charge in [0.15, 0.2) is 5.75 Å². The van der Waals surface area contributed by atoms with Crippen LogP contribution in [0.1, 0.15) is 0 Å². The van der Waals surface area contributed by atoms with Crippen LogP contribution in [-0.2, 0) is 7.05 Å². The highest BCUT2D eigenvalue weighted by Gasteiger charge is 2.15. The van der Waals surface area contributed by atoms with Crippen molar-refractivity contribution in [2.24, 2.45) is 7.05 Å². The summed E-state index contributed by atoms with van der Waals surface area (Å²) in [6, 6.07) is 4.94. The molecule has 0 fully saturated rings. The van der Waals surface area contributed by atoms with Gasteiger partial charge in [-0.3, -0.25) is 4.79 Å². The maximum absolute atomic E-state index is 12.0. The van der Waals surface area contributed by atoms with Crippen LogP contribution >= 0.6 is 0 Å². The molecule has 0 unspecified atom stereocenters. The Kier molecular flexibility index (Phi) is 2.97. The van der Waals surface area contributed by atoms with Crippen molar-refractivity contribution in [1.82, 2.24) is 4.57 Å². The molecule has 0 radical (unpaired) electrons. The fourth-order valence-corrected chi connectivity index (χ4v) is 1.78. The van der Waals surface area contributed by atoms with Crippen LogP contribution in [0.5, 0.6) is 11.5 Å². The van der Waals surface area contributed by atoms with Gasteiger partial charge in [0.05, 0.1) is 5.52 Å². The molecule has 0 amide bonds. The van der Waals surface area contributed by atoms with Crippen molar-refractivity contribution in [3.8, 4) is 11.5 Å². The van der Waals surface area contributed by atoms with Crippen molar-refractivity contribution < 1.29 is 9.84 Å². The largest absolute Gasteiger partial charge is 0.504 e. The number of hydrogen-bond acceptors (Lipinski definition) is 4. The Hall–Kier alpha value is -2.43. The minimum Gasteiger partial charge on any atom is -0.504 e. The first-order valence-electron chi connectivity index (χ1n) is 5.41. The highest BCUT2D eigenvalue weighted by molar-refractivity contribution is 5.89. The predicted octanol–water partition coefficient (Wildman–Crippen LogP) is 1.39. The van der Waals surface area contributed by atoms with E-state index in [1.807, 2.05) is 0 Å². The fourth-order valence-electron chi connectivity index (χ4n) is 1.78. The van der Waals surface area contributed by atoms with E-state index < -0.39 is 5.56 Å². The van der Waals surface area contributed by atoms with E-state index in [0.29, 0.717) is 16.6 Å². The summed E-state index contributed by atoms with van der Waals surface area (Å²) >= 11 is 0. The number of fused-ring (bicyclic) bond motifs is 1. The number of benzene rings is 1. The van der Waals surface area contributed by atoms with Gasteiger partial charge in [-0.05, 0) is 18.2 Å². The van der Waals surface area contributed by atoms with Crippen LogP contribution in [0.15, 0.2) is 35.6 Å². The molecule has 0 saturated heterocycles. The summed E-state index contributed by atoms with van der Waals surface area (Å²) in [6.45, 7) is 3.66. The minimum atomic E-state index is -0.410. The number of aromatic hydroxyl groups is 1. The van der Waals surface area contributed by atoms with E-state index in [1.54, 1.807) is 25.2 Å². The molecule has 94 valence electrons. The molecule has 3 N–H and O–H groups in total. The number of hydrogen-bond donors (Lipinski definition) is 2. The molecule has 5 nitrogen and oxygen atoms in total. The normalized spacial score (nSPS) is 10.5. The minimum absolute atomic E-state index is 0.0744. The van der Waals surface area contributed by atoms with E-state index in [9.17, 15) is 9.90 Å². The van der Waals surface area contributed by atoms with Gasteiger partial charge in [-0.2, -0.15) is 0 Å². The van der Waals surface area contributed by atoms with Gasteiger partial charge < -0.3 is 20.1 Å². The second kappa shape index (κ2) is 4.44. The first-order valence-corrected chi connectivity index (χ1v) is 5.41. The maximum atomic E-state index is 12.0. The quantitative estimate of drug-likeness (QED) is 0.633. The van der Waals surface area contributed by atoms with Gasteiger partial charge in [-0.15, -0.1) is 0 Å². The molecule has 1 aromatic carbocycles. The van der Waals surface area contributed by atoms with Crippen LogP contribution in [0.3, 0.4) is 0 Å². The van der Waals surface area contributed by atoms with Gasteiger partial charge in [0.2, 0.25) is 5.75 Å². The Morgan fingerprint density at radius 1 is 1.56 bits per heavy atom. The number of nitrogens with two attached hydrogens (primary N) is 1. The van der Waals surface area contributed by atoms with Crippen LogP contribution in [0.2, 0.25) is 0 Å². The average molecular weight is 246 g/mol. The van der Waals surface area contributed by atoms with Gasteiger partial charge >= 0.3 is 0 Å². The molecule has 2 aromatic rings. The lowest BCUT2D eigenvalue weighted by molar-refractivity contribution is 0.331. The SMILES string of the molecule is C=CCOc1c(O)c2ccc(N)cc2n(C)c1=O. The number of aromatic nitrogens is 1. The molecule has 0 aliphatic rings. The number of ether oxygens (including phenoxy) is 1. The predicted molar refractivity (Wildman–Crippen MR) is 71.0 cm³/mol. The molecule has 0 spiro atoms. The Balaban J connectivity index is 2.79. The van der Waals surface area contributed by atoms with Gasteiger partial charge in [0.25, 0.3) is 5.56 Å². The third-order valence-electron chi connectivity index (χ3n) is 2.70. The Bertz CT molecular complexity index is 674. The topological polar surface area (TPSA) is 77.5 Å². The molecule has 0 saturated carbocycles. The van der Waals surface area contributed by atoms with E-state index in [4.69, 9.17) is 10.5 Å². The summed E-state index contributed by atoms with van der Waals surface area (Å²) in [4.78, 5) is 12.0. The second-order valence-corrected chi connectivity index (χ2v) is 3.92. The van der Waals surface area contributed by atoms with Crippen LogP contribution in [0, 0.1) is 0 Å². The van der Waals surface area contributed by atoms with Crippen LogP contribution < -0.4 is 16.0 Å². The third-order valence-corrected chi connectivity index (χ3v) is 2.70. The zero-order valence-electron chi connectivity index (χ0n) is 10.0. The molecule has 1 heterocycles. The maximum Gasteiger partial charge on any atom is 0.297 e. The molecule has 1 aromatic heterocycles. The summed E-state index contributed by atoms with van der Waals surface area (Å²) in [5.74, 6) is -0.246. The fraction of sp³-hybridized carbons (Fsp3) is 0.154. The van der Waals surface area contributed by atoms with Gasteiger partial charge in [-0.1, -0.05) is 12.7 Å². The Labute approximate surface area is 104 Å². The first-order chi connectivity index (χ1) is 8.56. The van der Waals surface area contributed by atoms with Gasteiger partial charge in [0.1, 0.15) is 6.61 Å². The lowest BCUT2D eigenvalue weighted by Gasteiger charge is -2.12. The molecule has 5 heteroatoms. The van der Waals surface area contributed by atoms with Crippen LogP contribution in [0.25, 0.3) is 10.9 Å². The van der Waals surface area contributed by atoms with E-state index >= 15 is 0 Å². The third kappa shape index (κ3) is 1.79. The molecule has 0 atom stereocenters. The van der Waals surface area contributed by atoms with Crippen molar-refractivity contribution in [2.75, 3.05) is 12.3 Å². The number of pyridine rings is 1. The summed E-state index contributed by atoms with van der Waals surface area (Å²) in [5, 5.41) is 10.6. The van der Waals surface area contributed by atoms with Gasteiger partial charge in [0, 0.05) is 18.1 Å². The molecular formula is C13H14N2O3. The number of anilines is 1. The van der Waals surface area contributed by atoms with Crippen molar-refractivity contribution in [2.45, 2.75) is 0 Å². The zero-order valence-corrected chi connectivity index (χ0v) is 10.0. The molecule has 2 rings (SSSR count). The molecule has 18 heavy (non-hydrogen) atoms. The first kappa shape index (κ1) is 12.0. The summed E-state index contributed by atoms with van der Waals surface area (Å²) in [6.07, 6.45) is 1.51. The van der Waals surface area contributed by atoms with Crippen LogP contribution in [0.4, 0.5) is 5.69 Å². The van der Waals surface area contributed by atoms with E-state index in [2.05, 4.69) is 6.58 Å². The number of nitrogen functional groups attached to an aromatic ring is 1. The summed E-state index contributed by atoms with van der Waals surface area (Å²) in [7, 11) is 1.60. The van der Waals surface area contributed by atoms with Gasteiger partial charge in [-0.25, -0.2) is 0 Å². The van der Waals surface area contributed by atoms with Crippen molar-refractivity contribution in [3.63, 3.8) is 0 Å². The highest BCUT2D eigenvalue weighted by Crippen LogP contribution is 2.31. The van der Waals surface area contributed by atoms with Crippen molar-refractivity contribution >= 4 is 16.6 Å². The Morgan fingerprint density at radius 2 is 2.28 bits per heavy atom. The number of rotatable bonds is 3. The van der Waals surface area contributed by atoms with Crippen molar-refractivity contribution in [3.05, 3.63) is 41.2 Å². The monoisotopic (exact) mass is 246 g/mol. The lowest BCUT2D eigenvalue weighted by atomic mass is 10.1. The highest BCUT2D eigenvalue weighted by atomic mass is 16.5. The molecule has 0 bridgehead atoms. The summed E-state index contributed by atoms with van der Waals surface area (Å²) in [5.41, 5.74) is 6.34.